The number of fused-ring (bicyclic) bond motifs is 4. The fourth-order valence-corrected chi connectivity index (χ4v) is 7.54. The van der Waals surface area contributed by atoms with Crippen LogP contribution in [-0.4, -0.2) is 87.8 Å². The Morgan fingerprint density at radius 1 is 1.18 bits per heavy atom. The summed E-state index contributed by atoms with van der Waals surface area (Å²) in [5.41, 5.74) is -2.02. The Balaban J connectivity index is 1.34. The molecule has 0 saturated carbocycles. The lowest BCUT2D eigenvalue weighted by Crippen LogP contribution is -2.58. The van der Waals surface area contributed by atoms with Crippen molar-refractivity contribution in [2.45, 2.75) is 56.5 Å². The van der Waals surface area contributed by atoms with Crippen LogP contribution in [0.25, 0.3) is 32.8 Å². The molecule has 4 heterocycles. The molecule has 3 aliphatic heterocycles. The number of anilines is 1. The molecule has 3 fully saturated rings. The third kappa shape index (κ3) is 5.75. The lowest BCUT2D eigenvalue weighted by molar-refractivity contribution is -0.0160. The first-order valence-electron chi connectivity index (χ1n) is 15.2. The van der Waals surface area contributed by atoms with Crippen LogP contribution in [0.15, 0.2) is 36.4 Å². The van der Waals surface area contributed by atoms with Gasteiger partial charge < -0.3 is 25.2 Å². The number of aliphatic hydroxyl groups is 1. The molecule has 0 radical (unpaired) electrons. The highest BCUT2D eigenvalue weighted by atomic mass is 35.5. The number of halogens is 4. The van der Waals surface area contributed by atoms with Crippen LogP contribution in [0.3, 0.4) is 0 Å². The maximum atomic E-state index is 16.7. The topological polar surface area (TPSA) is 94.0 Å². The van der Waals surface area contributed by atoms with E-state index in [1.165, 1.54) is 18.2 Å². The number of hydrogen-bond acceptors (Lipinski definition) is 8. The fourth-order valence-electron chi connectivity index (χ4n) is 7.26. The first-order chi connectivity index (χ1) is 21.4. The van der Waals surface area contributed by atoms with E-state index in [1.54, 1.807) is 25.1 Å². The molecule has 0 spiro atoms. The summed E-state index contributed by atoms with van der Waals surface area (Å²) in [7, 11) is 0. The number of likely N-dealkylation sites (tertiary alicyclic amines) is 1. The number of aromatic hydroxyl groups is 1. The van der Waals surface area contributed by atoms with Crippen molar-refractivity contribution in [2.75, 3.05) is 44.2 Å². The number of β-amino-alcohol motifs (C(OH)–C–C–N with tert-alkyl or cyclic N) is 1. The Bertz CT molecular complexity index is 1810. The van der Waals surface area contributed by atoms with E-state index in [0.29, 0.717) is 42.6 Å². The molecule has 7 rings (SSSR count). The zero-order chi connectivity index (χ0) is 31.7. The van der Waals surface area contributed by atoms with Gasteiger partial charge >= 0.3 is 6.01 Å². The van der Waals surface area contributed by atoms with Crippen LogP contribution in [0.4, 0.5) is 19.0 Å². The minimum absolute atomic E-state index is 0.0857. The summed E-state index contributed by atoms with van der Waals surface area (Å²) >= 11 is 6.51. The highest BCUT2D eigenvalue weighted by Crippen LogP contribution is 2.43. The number of phenols is 1. The van der Waals surface area contributed by atoms with Gasteiger partial charge in [-0.05, 0) is 62.8 Å². The number of rotatable bonds is 7. The van der Waals surface area contributed by atoms with E-state index in [1.807, 2.05) is 9.80 Å². The maximum Gasteiger partial charge on any atom is 0.319 e. The molecule has 3 N–H and O–H groups in total. The van der Waals surface area contributed by atoms with Gasteiger partial charge in [0.2, 0.25) is 0 Å². The summed E-state index contributed by atoms with van der Waals surface area (Å²) in [5, 5.41) is 26.5. The second-order valence-electron chi connectivity index (χ2n) is 13.3. The molecule has 1 unspecified atom stereocenters. The van der Waals surface area contributed by atoms with Gasteiger partial charge in [0.25, 0.3) is 0 Å². The predicted octanol–water partition coefficient (Wildman–Crippen LogP) is 5.59. The number of piperazine rings is 1. The van der Waals surface area contributed by atoms with Crippen molar-refractivity contribution in [3.63, 3.8) is 0 Å². The highest BCUT2D eigenvalue weighted by molar-refractivity contribution is 6.36. The standard InChI is InChI=1S/C33H35ClF3N5O3/c1-32-8-6-20(40-32)14-42(15-32)30-23-12-25(36)27(22-11-21(43)10-18-4-3-5-24(34)26(18)22)28(37)29(23)38-31(39-30)45-17-33(2,44)16-41-9-7-19(35)13-41/h3-5,10-12,19-20,40,43-44H,6-9,13-17H2,1-2H3/t19-,20-,32+,33?/m1/s1. The summed E-state index contributed by atoms with van der Waals surface area (Å²) in [6.07, 6.45) is 1.41. The van der Waals surface area contributed by atoms with Crippen molar-refractivity contribution in [1.29, 1.82) is 0 Å². The molecule has 3 aromatic carbocycles. The molecule has 8 nitrogen and oxygen atoms in total. The zero-order valence-corrected chi connectivity index (χ0v) is 25.8. The number of hydrogen-bond donors (Lipinski definition) is 3. The van der Waals surface area contributed by atoms with Crippen molar-refractivity contribution in [2.24, 2.45) is 0 Å². The van der Waals surface area contributed by atoms with Gasteiger partial charge in [-0.15, -0.1) is 0 Å². The average molecular weight is 642 g/mol. The van der Waals surface area contributed by atoms with Crippen molar-refractivity contribution < 1.29 is 28.1 Å². The van der Waals surface area contributed by atoms with Gasteiger partial charge in [0.1, 0.15) is 41.3 Å². The second kappa shape index (κ2) is 11.2. The van der Waals surface area contributed by atoms with E-state index in [2.05, 4.69) is 22.2 Å². The fraction of sp³-hybridized carbons (Fsp3) is 0.455. The maximum absolute atomic E-state index is 16.7. The molecule has 3 aliphatic rings. The largest absolute Gasteiger partial charge is 0.508 e. The van der Waals surface area contributed by atoms with Gasteiger partial charge in [0.05, 0.1) is 5.56 Å². The van der Waals surface area contributed by atoms with Crippen LogP contribution < -0.4 is 15.0 Å². The molecule has 45 heavy (non-hydrogen) atoms. The van der Waals surface area contributed by atoms with Crippen LogP contribution in [0.2, 0.25) is 5.02 Å². The SMILES string of the molecule is CC(O)(COc1nc(N2C[C@H]3CC[C@@](C)(C2)N3)c2cc(F)c(-c3cc(O)cc4cccc(Cl)c34)c(F)c2n1)CN1CC[C@@H](F)C1. The average Bonchev–Trinajstić information content (AvgIpc) is 3.50. The van der Waals surface area contributed by atoms with E-state index in [0.717, 1.165) is 12.8 Å². The van der Waals surface area contributed by atoms with Gasteiger partial charge in [-0.3, -0.25) is 4.90 Å². The molecule has 1 aromatic heterocycles. The zero-order valence-electron chi connectivity index (χ0n) is 25.1. The van der Waals surface area contributed by atoms with Gasteiger partial charge in [-0.25, -0.2) is 13.2 Å². The minimum Gasteiger partial charge on any atom is -0.508 e. The summed E-state index contributed by atoms with van der Waals surface area (Å²) in [6.45, 7) is 5.57. The van der Waals surface area contributed by atoms with Crippen LogP contribution in [0, 0.1) is 11.6 Å². The molecule has 0 aliphatic carbocycles. The number of alkyl halides is 1. The number of nitrogens with zero attached hydrogens (tertiary/aromatic N) is 4. The van der Waals surface area contributed by atoms with Crippen molar-refractivity contribution in [1.82, 2.24) is 20.2 Å². The molecule has 12 heteroatoms. The summed E-state index contributed by atoms with van der Waals surface area (Å²) in [4.78, 5) is 12.9. The Morgan fingerprint density at radius 2 is 2.00 bits per heavy atom. The molecular weight excluding hydrogens is 607 g/mol. The van der Waals surface area contributed by atoms with Gasteiger partial charge in [0, 0.05) is 65.7 Å². The van der Waals surface area contributed by atoms with Gasteiger partial charge in [-0.1, -0.05) is 23.7 Å². The number of nitrogens with one attached hydrogen (secondary N) is 1. The molecule has 4 aromatic rings. The first-order valence-corrected chi connectivity index (χ1v) is 15.6. The lowest BCUT2D eigenvalue weighted by atomic mass is 9.95. The Morgan fingerprint density at radius 3 is 2.76 bits per heavy atom. The quantitative estimate of drug-likeness (QED) is 0.241. The van der Waals surface area contributed by atoms with Crippen LogP contribution >= 0.6 is 11.6 Å². The van der Waals surface area contributed by atoms with Crippen molar-refractivity contribution >= 4 is 39.1 Å². The molecule has 2 bridgehead atoms. The minimum atomic E-state index is -1.37. The van der Waals surface area contributed by atoms with Crippen LogP contribution in [-0.2, 0) is 0 Å². The van der Waals surface area contributed by atoms with E-state index in [9.17, 15) is 14.6 Å². The summed E-state index contributed by atoms with van der Waals surface area (Å²) < 4.78 is 52.5. The monoisotopic (exact) mass is 641 g/mol. The third-order valence-electron chi connectivity index (χ3n) is 9.19. The normalized spacial score (nSPS) is 24.9. The predicted molar refractivity (Wildman–Crippen MR) is 168 cm³/mol. The van der Waals surface area contributed by atoms with E-state index in [4.69, 9.17) is 16.3 Å². The number of benzene rings is 3. The smallest absolute Gasteiger partial charge is 0.319 e. The van der Waals surface area contributed by atoms with Crippen molar-refractivity contribution in [3.05, 3.63) is 53.1 Å². The number of phenolic OH excluding ortho intramolecular Hbond substituents is 1. The molecule has 0 amide bonds. The summed E-state index contributed by atoms with van der Waals surface area (Å²) in [6, 6.07) is 9.02. The van der Waals surface area contributed by atoms with Crippen LogP contribution in [0.1, 0.15) is 33.1 Å². The first kappa shape index (κ1) is 30.3. The highest BCUT2D eigenvalue weighted by Gasteiger charge is 2.42. The molecular formula is C33H35ClF3N5O3. The number of aromatic nitrogens is 2. The third-order valence-corrected chi connectivity index (χ3v) is 9.51. The summed E-state index contributed by atoms with van der Waals surface area (Å²) in [5.74, 6) is -1.64. The lowest BCUT2D eigenvalue weighted by Gasteiger charge is -2.40. The van der Waals surface area contributed by atoms with Crippen molar-refractivity contribution in [3.8, 4) is 22.9 Å². The molecule has 4 atom stereocenters. The molecule has 238 valence electrons. The van der Waals surface area contributed by atoms with E-state index < -0.39 is 23.4 Å². The van der Waals surface area contributed by atoms with Gasteiger partial charge in [0.15, 0.2) is 5.82 Å². The molecule has 3 saturated heterocycles. The van der Waals surface area contributed by atoms with Gasteiger partial charge in [-0.2, -0.15) is 9.97 Å². The van der Waals surface area contributed by atoms with E-state index >= 15 is 8.78 Å². The Kier molecular flexibility index (Phi) is 7.50. The number of ether oxygens (including phenoxy) is 1. The second-order valence-corrected chi connectivity index (χ2v) is 13.7. The van der Waals surface area contributed by atoms with E-state index in [-0.39, 0.29) is 70.1 Å². The van der Waals surface area contributed by atoms with Crippen LogP contribution in [0.5, 0.6) is 11.8 Å². The Hall–Kier alpha value is -3.38. The Labute approximate surface area is 263 Å².